The van der Waals surface area contributed by atoms with Gasteiger partial charge in [-0.15, -0.1) is 11.3 Å². The molecule has 0 amide bonds. The van der Waals surface area contributed by atoms with Crippen LogP contribution in [0.25, 0.3) is 0 Å². The molecule has 0 fully saturated rings. The highest BCUT2D eigenvalue weighted by Crippen LogP contribution is 2.28. The first-order chi connectivity index (χ1) is 15.8. The van der Waals surface area contributed by atoms with Crippen LogP contribution in [0.2, 0.25) is 0 Å². The normalized spacial score (nSPS) is 11.1. The average Bonchev–Trinajstić information content (AvgIpc) is 3.22. The van der Waals surface area contributed by atoms with Crippen molar-refractivity contribution in [1.82, 2.24) is 9.97 Å². The van der Waals surface area contributed by atoms with E-state index in [0.717, 1.165) is 37.9 Å². The number of thiophene rings is 1. The predicted octanol–water partition coefficient (Wildman–Crippen LogP) is 5.91. The van der Waals surface area contributed by atoms with Gasteiger partial charge in [0.15, 0.2) is 0 Å². The Morgan fingerprint density at radius 1 is 0.879 bits per heavy atom. The van der Waals surface area contributed by atoms with E-state index in [0.29, 0.717) is 17.5 Å². The van der Waals surface area contributed by atoms with Gasteiger partial charge in [0.25, 0.3) is 10.0 Å². The lowest BCUT2D eigenvalue weighted by Gasteiger charge is -2.11. The molecule has 0 saturated heterocycles. The highest BCUT2D eigenvalue weighted by Gasteiger charge is 2.16. The van der Waals surface area contributed by atoms with Crippen molar-refractivity contribution in [3.8, 4) is 5.75 Å². The second-order valence-electron chi connectivity index (χ2n) is 6.94. The molecule has 170 valence electrons. The average molecular weight is 546 g/mol. The van der Waals surface area contributed by atoms with Gasteiger partial charge < -0.3 is 15.4 Å². The fraction of sp³-hybridized carbons (Fsp3) is 0.0909. The second kappa shape index (κ2) is 9.77. The zero-order valence-corrected chi connectivity index (χ0v) is 20.9. The van der Waals surface area contributed by atoms with Crippen LogP contribution in [0, 0.1) is 6.92 Å². The summed E-state index contributed by atoms with van der Waals surface area (Å²) in [5.74, 6) is 1.83. The van der Waals surface area contributed by atoms with Crippen LogP contribution < -0.4 is 20.1 Å². The summed E-state index contributed by atoms with van der Waals surface area (Å²) < 4.78 is 33.7. The quantitative estimate of drug-likeness (QED) is 0.253. The number of sulfonamides is 1. The minimum absolute atomic E-state index is 0.238. The first-order valence-electron chi connectivity index (χ1n) is 9.73. The molecule has 0 atom stereocenters. The smallest absolute Gasteiger partial charge is 0.271 e. The van der Waals surface area contributed by atoms with Crippen LogP contribution >= 0.6 is 27.3 Å². The van der Waals surface area contributed by atoms with Crippen LogP contribution in [-0.4, -0.2) is 25.5 Å². The Balaban J connectivity index is 1.45. The number of nitrogens with one attached hydrogen (secondary N) is 3. The molecule has 0 unspecified atom stereocenters. The number of hydrogen-bond acceptors (Lipinski definition) is 8. The van der Waals surface area contributed by atoms with E-state index in [2.05, 4.69) is 41.3 Å². The van der Waals surface area contributed by atoms with Crippen molar-refractivity contribution in [1.29, 1.82) is 0 Å². The molecule has 8 nitrogen and oxygen atoms in total. The second-order valence-corrected chi connectivity index (χ2v) is 11.3. The Morgan fingerprint density at radius 2 is 1.52 bits per heavy atom. The molecule has 2 heterocycles. The standard InChI is InChI=1S/C22H20BrN5O3S2/c1-14-13-20(25-15-7-9-18(31-2)10-8-15)27-22(24-14)26-16-3-5-17(6-4-16)28-33(29,30)21-12-11-19(23)32-21/h3-13,28H,1-2H3,(H2,24,25,26,27). The number of ether oxygens (including phenoxy) is 1. The Kier molecular flexibility index (Phi) is 6.82. The maximum absolute atomic E-state index is 12.5. The van der Waals surface area contributed by atoms with Gasteiger partial charge in [0, 0.05) is 28.8 Å². The lowest BCUT2D eigenvalue weighted by atomic mass is 10.3. The molecule has 2 aromatic heterocycles. The number of halogens is 1. The lowest BCUT2D eigenvalue weighted by molar-refractivity contribution is 0.415. The first-order valence-corrected chi connectivity index (χ1v) is 12.8. The van der Waals surface area contributed by atoms with E-state index in [9.17, 15) is 8.42 Å². The summed E-state index contributed by atoms with van der Waals surface area (Å²) in [7, 11) is -2.01. The molecule has 11 heteroatoms. The van der Waals surface area contributed by atoms with Crippen molar-refractivity contribution in [2.45, 2.75) is 11.1 Å². The maximum atomic E-state index is 12.5. The minimum atomic E-state index is -3.63. The zero-order chi connectivity index (χ0) is 23.4. The molecule has 4 aromatic rings. The number of methoxy groups -OCH3 is 1. The van der Waals surface area contributed by atoms with Gasteiger partial charge in [0.1, 0.15) is 15.8 Å². The van der Waals surface area contributed by atoms with Crippen molar-refractivity contribution >= 4 is 66.1 Å². The molecule has 0 radical (unpaired) electrons. The van der Waals surface area contributed by atoms with E-state index in [1.54, 1.807) is 43.5 Å². The molecule has 0 saturated carbocycles. The van der Waals surface area contributed by atoms with E-state index < -0.39 is 10.0 Å². The predicted molar refractivity (Wildman–Crippen MR) is 136 cm³/mol. The van der Waals surface area contributed by atoms with E-state index in [-0.39, 0.29) is 4.21 Å². The Hall–Kier alpha value is -3.15. The zero-order valence-electron chi connectivity index (χ0n) is 17.7. The van der Waals surface area contributed by atoms with Crippen molar-refractivity contribution in [2.75, 3.05) is 22.5 Å². The van der Waals surface area contributed by atoms with Gasteiger partial charge in [-0.2, -0.15) is 4.98 Å². The van der Waals surface area contributed by atoms with Crippen molar-refractivity contribution < 1.29 is 13.2 Å². The number of hydrogen-bond donors (Lipinski definition) is 3. The molecular formula is C22H20BrN5O3S2. The van der Waals surface area contributed by atoms with E-state index in [1.807, 2.05) is 37.3 Å². The highest BCUT2D eigenvalue weighted by molar-refractivity contribution is 9.11. The summed E-state index contributed by atoms with van der Waals surface area (Å²) in [5, 5.41) is 6.40. The number of aromatic nitrogens is 2. The van der Waals surface area contributed by atoms with E-state index >= 15 is 0 Å². The highest BCUT2D eigenvalue weighted by atomic mass is 79.9. The van der Waals surface area contributed by atoms with E-state index in [1.165, 1.54) is 0 Å². The third-order valence-corrected chi connectivity index (χ3v) is 7.92. The minimum Gasteiger partial charge on any atom is -0.497 e. The Bertz CT molecular complexity index is 1360. The topological polar surface area (TPSA) is 105 Å². The van der Waals surface area contributed by atoms with Gasteiger partial charge in [0.05, 0.1) is 10.9 Å². The van der Waals surface area contributed by atoms with Gasteiger partial charge in [0.2, 0.25) is 5.95 Å². The molecule has 0 aliphatic heterocycles. The van der Waals surface area contributed by atoms with Crippen LogP contribution in [0.15, 0.2) is 74.7 Å². The number of aryl methyl sites for hydroxylation is 1. The van der Waals surface area contributed by atoms with Gasteiger partial charge in [-0.1, -0.05) is 0 Å². The summed E-state index contributed by atoms with van der Waals surface area (Å²) in [6.45, 7) is 1.88. The number of benzene rings is 2. The van der Waals surface area contributed by atoms with Crippen molar-refractivity contribution in [3.63, 3.8) is 0 Å². The summed E-state index contributed by atoms with van der Waals surface area (Å²) in [6, 6.07) is 19.5. The summed E-state index contributed by atoms with van der Waals surface area (Å²) in [6.07, 6.45) is 0. The van der Waals surface area contributed by atoms with Gasteiger partial charge >= 0.3 is 0 Å². The van der Waals surface area contributed by atoms with E-state index in [4.69, 9.17) is 4.74 Å². The van der Waals surface area contributed by atoms with Gasteiger partial charge in [-0.25, -0.2) is 13.4 Å². The SMILES string of the molecule is COc1ccc(Nc2cc(C)nc(Nc3ccc(NS(=O)(=O)c4ccc(Br)s4)cc3)n2)cc1. The Labute approximate surface area is 204 Å². The Morgan fingerprint density at radius 3 is 2.15 bits per heavy atom. The fourth-order valence-electron chi connectivity index (χ4n) is 2.91. The summed E-state index contributed by atoms with van der Waals surface area (Å²) in [5.41, 5.74) is 2.83. The van der Waals surface area contributed by atoms with Crippen LogP contribution in [0.3, 0.4) is 0 Å². The van der Waals surface area contributed by atoms with Crippen LogP contribution in [0.4, 0.5) is 28.8 Å². The van der Waals surface area contributed by atoms with Crippen molar-refractivity contribution in [3.05, 3.63) is 76.2 Å². The number of anilines is 5. The molecule has 4 rings (SSSR count). The number of rotatable bonds is 8. The molecule has 0 aliphatic rings. The molecular weight excluding hydrogens is 526 g/mol. The third-order valence-electron chi connectivity index (χ3n) is 4.42. The summed E-state index contributed by atoms with van der Waals surface area (Å²) in [4.78, 5) is 8.94. The molecule has 0 spiro atoms. The number of nitrogens with zero attached hydrogens (tertiary/aromatic N) is 2. The van der Waals surface area contributed by atoms with Crippen molar-refractivity contribution in [2.24, 2.45) is 0 Å². The fourth-order valence-corrected chi connectivity index (χ4v) is 5.98. The summed E-state index contributed by atoms with van der Waals surface area (Å²) >= 11 is 4.43. The molecule has 2 aromatic carbocycles. The van der Waals surface area contributed by atoms with Gasteiger partial charge in [-0.05, 0) is 83.5 Å². The van der Waals surface area contributed by atoms with Gasteiger partial charge in [-0.3, -0.25) is 4.72 Å². The molecule has 0 aliphatic carbocycles. The molecule has 33 heavy (non-hydrogen) atoms. The molecule has 0 bridgehead atoms. The van der Waals surface area contributed by atoms with Crippen LogP contribution in [0.5, 0.6) is 5.75 Å². The lowest BCUT2D eigenvalue weighted by Crippen LogP contribution is -2.11. The molecule has 3 N–H and O–H groups in total. The monoisotopic (exact) mass is 545 g/mol. The third kappa shape index (κ3) is 6.01. The van der Waals surface area contributed by atoms with Crippen LogP contribution in [-0.2, 0) is 10.0 Å². The van der Waals surface area contributed by atoms with Crippen LogP contribution in [0.1, 0.15) is 5.69 Å². The first kappa shape index (κ1) is 23.0. The largest absolute Gasteiger partial charge is 0.497 e. The maximum Gasteiger partial charge on any atom is 0.271 e.